The van der Waals surface area contributed by atoms with Crippen molar-refractivity contribution in [2.45, 2.75) is 18.9 Å². The molecule has 0 bridgehead atoms. The van der Waals surface area contributed by atoms with E-state index in [1.165, 1.54) is 35.4 Å². The van der Waals surface area contributed by atoms with Crippen LogP contribution in [-0.2, 0) is 0 Å². The van der Waals surface area contributed by atoms with E-state index in [2.05, 4.69) is 45.5 Å². The third-order valence-electron chi connectivity index (χ3n) is 3.06. The number of nitrogens with one attached hydrogen (secondary N) is 2. The number of aromatic nitrogens is 2. The summed E-state index contributed by atoms with van der Waals surface area (Å²) < 4.78 is 0. The molecule has 0 radical (unpaired) electrons. The molecule has 3 rings (SSSR count). The van der Waals surface area contributed by atoms with E-state index in [-0.39, 0.29) is 0 Å². The van der Waals surface area contributed by atoms with Gasteiger partial charge < -0.3 is 5.32 Å². The Kier molecular flexibility index (Phi) is 2.74. The average molecular weight is 233 g/mol. The maximum Gasteiger partial charge on any atom is 0.0881 e. The van der Waals surface area contributed by atoms with E-state index in [0.717, 1.165) is 5.52 Å². The number of hydrogen-bond donors (Lipinski definition) is 2. The Morgan fingerprint density at radius 1 is 1.31 bits per heavy atom. The van der Waals surface area contributed by atoms with Crippen LogP contribution in [0.15, 0.2) is 24.4 Å². The summed E-state index contributed by atoms with van der Waals surface area (Å²) in [6, 6.07) is 6.91. The quantitative estimate of drug-likeness (QED) is 0.838. The van der Waals surface area contributed by atoms with Crippen LogP contribution < -0.4 is 5.32 Å². The molecule has 1 aromatic carbocycles. The summed E-state index contributed by atoms with van der Waals surface area (Å²) in [5, 5.41) is 11.9. The monoisotopic (exact) mass is 233 g/mol. The first-order valence-corrected chi connectivity index (χ1v) is 6.85. The third-order valence-corrected chi connectivity index (χ3v) is 4.11. The van der Waals surface area contributed by atoms with Gasteiger partial charge >= 0.3 is 0 Å². The van der Waals surface area contributed by atoms with Gasteiger partial charge in [0, 0.05) is 11.4 Å². The van der Waals surface area contributed by atoms with Crippen molar-refractivity contribution in [3.05, 3.63) is 24.4 Å². The molecule has 16 heavy (non-hydrogen) atoms. The van der Waals surface area contributed by atoms with Gasteiger partial charge in [-0.15, -0.1) is 0 Å². The number of fused-ring (bicyclic) bond motifs is 1. The Morgan fingerprint density at radius 3 is 3.06 bits per heavy atom. The zero-order chi connectivity index (χ0) is 10.8. The lowest BCUT2D eigenvalue weighted by molar-refractivity contribution is 0.667. The fourth-order valence-corrected chi connectivity index (χ4v) is 3.26. The number of anilines is 1. The first-order chi connectivity index (χ1) is 7.93. The molecule has 0 amide bonds. The highest BCUT2D eigenvalue weighted by atomic mass is 32.2. The number of hydrogen-bond acceptors (Lipinski definition) is 3. The molecule has 2 aromatic rings. The van der Waals surface area contributed by atoms with E-state index in [4.69, 9.17) is 0 Å². The minimum Gasteiger partial charge on any atom is -0.381 e. The molecule has 1 saturated heterocycles. The van der Waals surface area contributed by atoms with Gasteiger partial charge in [0.1, 0.15) is 0 Å². The van der Waals surface area contributed by atoms with Gasteiger partial charge in [0.05, 0.1) is 17.4 Å². The van der Waals surface area contributed by atoms with Gasteiger partial charge in [0.25, 0.3) is 0 Å². The number of rotatable bonds is 2. The third kappa shape index (κ3) is 1.89. The molecule has 0 unspecified atom stereocenters. The van der Waals surface area contributed by atoms with Crippen LogP contribution in [0.4, 0.5) is 5.69 Å². The fraction of sp³-hybridized carbons (Fsp3) is 0.417. The van der Waals surface area contributed by atoms with Crippen LogP contribution in [0.25, 0.3) is 10.9 Å². The van der Waals surface area contributed by atoms with Crippen LogP contribution in [0.5, 0.6) is 0 Å². The molecule has 1 aliphatic heterocycles. The molecule has 1 aromatic heterocycles. The summed E-state index contributed by atoms with van der Waals surface area (Å²) >= 11 is 2.05. The summed E-state index contributed by atoms with van der Waals surface area (Å²) in [4.78, 5) is 0. The molecule has 0 aliphatic carbocycles. The maximum absolute atomic E-state index is 4.09. The highest BCUT2D eigenvalue weighted by Crippen LogP contribution is 2.25. The predicted octanol–water partition coefficient (Wildman–Crippen LogP) is 2.87. The smallest absolute Gasteiger partial charge is 0.0881 e. The highest BCUT2D eigenvalue weighted by Gasteiger charge is 2.14. The number of benzene rings is 1. The fourth-order valence-electron chi connectivity index (χ4n) is 2.15. The first-order valence-electron chi connectivity index (χ1n) is 5.70. The lowest BCUT2D eigenvalue weighted by Crippen LogP contribution is -2.24. The number of nitrogens with zero attached hydrogens (tertiary/aromatic N) is 1. The Hall–Kier alpha value is -1.16. The summed E-state index contributed by atoms with van der Waals surface area (Å²) in [6.45, 7) is 0. The zero-order valence-corrected chi connectivity index (χ0v) is 9.89. The van der Waals surface area contributed by atoms with Gasteiger partial charge in [-0.25, -0.2) is 0 Å². The van der Waals surface area contributed by atoms with Gasteiger partial charge in [-0.05, 0) is 30.4 Å². The SMILES string of the molecule is c1cc(NC2CCSCC2)c2[nH]ncc2c1. The Balaban J connectivity index is 1.85. The van der Waals surface area contributed by atoms with Crippen LogP contribution in [0.3, 0.4) is 0 Å². The molecule has 4 heteroatoms. The summed E-state index contributed by atoms with van der Waals surface area (Å²) in [5.41, 5.74) is 2.31. The summed E-state index contributed by atoms with van der Waals surface area (Å²) in [7, 11) is 0. The molecule has 84 valence electrons. The van der Waals surface area contributed by atoms with Gasteiger partial charge in [-0.3, -0.25) is 5.10 Å². The standard InChI is InChI=1S/C12H15N3S/c1-2-9-8-13-15-12(9)11(3-1)14-10-4-6-16-7-5-10/h1-3,8,10,14H,4-7H2,(H,13,15). The van der Waals surface area contributed by atoms with E-state index in [1.54, 1.807) is 0 Å². The molecule has 1 aliphatic rings. The van der Waals surface area contributed by atoms with Crippen molar-refractivity contribution < 1.29 is 0 Å². The largest absolute Gasteiger partial charge is 0.381 e. The topological polar surface area (TPSA) is 40.7 Å². The maximum atomic E-state index is 4.09. The van der Waals surface area contributed by atoms with Crippen molar-refractivity contribution in [2.24, 2.45) is 0 Å². The second kappa shape index (κ2) is 4.37. The van der Waals surface area contributed by atoms with Crippen LogP contribution in [-0.4, -0.2) is 27.7 Å². The van der Waals surface area contributed by atoms with Crippen LogP contribution in [0, 0.1) is 0 Å². The normalized spacial score (nSPS) is 17.8. The average Bonchev–Trinajstić information content (AvgIpc) is 2.80. The van der Waals surface area contributed by atoms with Gasteiger partial charge in [-0.1, -0.05) is 12.1 Å². The van der Waals surface area contributed by atoms with Crippen LogP contribution in [0.2, 0.25) is 0 Å². The van der Waals surface area contributed by atoms with Gasteiger partial charge in [0.2, 0.25) is 0 Å². The lowest BCUT2D eigenvalue weighted by Gasteiger charge is -2.23. The summed E-state index contributed by atoms with van der Waals surface area (Å²) in [5.74, 6) is 2.55. The molecule has 2 N–H and O–H groups in total. The van der Waals surface area contributed by atoms with Crippen molar-refractivity contribution >= 4 is 28.4 Å². The zero-order valence-electron chi connectivity index (χ0n) is 9.07. The van der Waals surface area contributed by atoms with E-state index in [1.807, 2.05) is 6.20 Å². The van der Waals surface area contributed by atoms with E-state index >= 15 is 0 Å². The number of para-hydroxylation sites is 1. The van der Waals surface area contributed by atoms with Gasteiger partial charge in [-0.2, -0.15) is 16.9 Å². The van der Waals surface area contributed by atoms with Crippen molar-refractivity contribution in [1.82, 2.24) is 10.2 Å². The van der Waals surface area contributed by atoms with Crippen molar-refractivity contribution in [3.8, 4) is 0 Å². The Bertz CT molecular complexity index is 474. The van der Waals surface area contributed by atoms with Crippen molar-refractivity contribution in [1.29, 1.82) is 0 Å². The van der Waals surface area contributed by atoms with Crippen molar-refractivity contribution in [3.63, 3.8) is 0 Å². The lowest BCUT2D eigenvalue weighted by atomic mass is 10.1. The number of aromatic amines is 1. The minimum absolute atomic E-state index is 0.621. The first kappa shape index (κ1) is 10.0. The minimum atomic E-state index is 0.621. The van der Waals surface area contributed by atoms with Gasteiger partial charge in [0.15, 0.2) is 0 Å². The highest BCUT2D eigenvalue weighted by molar-refractivity contribution is 7.99. The molecule has 0 spiro atoms. The molecular formula is C12H15N3S. The Labute approximate surface area is 99.0 Å². The number of H-pyrrole nitrogens is 1. The van der Waals surface area contributed by atoms with Crippen LogP contribution in [0.1, 0.15) is 12.8 Å². The van der Waals surface area contributed by atoms with Crippen LogP contribution >= 0.6 is 11.8 Å². The molecule has 3 nitrogen and oxygen atoms in total. The molecule has 2 heterocycles. The molecule has 0 atom stereocenters. The van der Waals surface area contributed by atoms with E-state index in [0.29, 0.717) is 6.04 Å². The second-order valence-corrected chi connectivity index (χ2v) is 5.40. The molecule has 1 fully saturated rings. The predicted molar refractivity (Wildman–Crippen MR) is 70.1 cm³/mol. The second-order valence-electron chi connectivity index (χ2n) is 4.17. The molecule has 0 saturated carbocycles. The molecular weight excluding hydrogens is 218 g/mol. The Morgan fingerprint density at radius 2 is 2.19 bits per heavy atom. The van der Waals surface area contributed by atoms with Crippen molar-refractivity contribution in [2.75, 3.05) is 16.8 Å². The summed E-state index contributed by atoms with van der Waals surface area (Å²) in [6.07, 6.45) is 4.39. The van der Waals surface area contributed by atoms with E-state index in [9.17, 15) is 0 Å². The number of thioether (sulfide) groups is 1. The van der Waals surface area contributed by atoms with E-state index < -0.39 is 0 Å².